The highest BCUT2D eigenvalue weighted by atomic mass is 35.5. The molecule has 1 spiro atoms. The van der Waals surface area contributed by atoms with Crippen LogP contribution in [0.3, 0.4) is 0 Å². The number of hydrogen-bond donors (Lipinski definition) is 4. The van der Waals surface area contributed by atoms with E-state index in [1.165, 1.54) is 17.0 Å². The molecule has 4 N–H and O–H groups in total. The molecule has 3 aromatic rings. The van der Waals surface area contributed by atoms with Crippen LogP contribution in [0, 0.1) is 12.3 Å². The van der Waals surface area contributed by atoms with Crippen LogP contribution in [0.2, 0.25) is 5.02 Å². The van der Waals surface area contributed by atoms with Crippen molar-refractivity contribution in [1.29, 1.82) is 0 Å². The number of carbonyl (C=O) groups is 2. The minimum absolute atomic E-state index is 0.00676. The molecule has 1 unspecified atom stereocenters. The van der Waals surface area contributed by atoms with Crippen molar-refractivity contribution >= 4 is 50.9 Å². The molecule has 17 heteroatoms. The summed E-state index contributed by atoms with van der Waals surface area (Å²) in [6, 6.07) is 10.0. The Morgan fingerprint density at radius 3 is 2.45 bits per heavy atom. The van der Waals surface area contributed by atoms with Gasteiger partial charge in [-0.15, -0.1) is 0 Å². The second-order valence-electron chi connectivity index (χ2n) is 16.0. The first-order valence-electron chi connectivity index (χ1n) is 18.5. The van der Waals surface area contributed by atoms with Crippen LogP contribution in [-0.2, 0) is 32.3 Å². The highest BCUT2D eigenvalue weighted by Crippen LogP contribution is 2.45. The summed E-state index contributed by atoms with van der Waals surface area (Å²) in [6.45, 7) is 6.09. The first kappa shape index (κ1) is 39.4. The number of nitrogens with zero attached hydrogens (tertiary/aromatic N) is 4. The van der Waals surface area contributed by atoms with Gasteiger partial charge in [-0.3, -0.25) is 19.8 Å². The summed E-state index contributed by atoms with van der Waals surface area (Å²) in [4.78, 5) is 35.8. The standard InChI is InChI=1S/C38H45ClF3N7O5S/c1-23-16-26(5-8-31(23)44-35-43-18-29(38(40,41)42)33(46-35)49-15-3-12-36(2,52)20-49)55(53,54)47-25-10-13-37(14-11-25)21-48(22-37)19-24-4-6-27(30(39)17-24)28-7-9-32(50)45-34(28)51/h4-6,8,16-18,25,28,47,52H,3,7,9-15,19-22H2,1-2H3,(H,43,44,46)(H,45,50,51)/t28?,36-/m0/s1. The van der Waals surface area contributed by atoms with E-state index in [4.69, 9.17) is 11.6 Å². The van der Waals surface area contributed by atoms with Crippen molar-refractivity contribution in [2.24, 2.45) is 5.41 Å². The van der Waals surface area contributed by atoms with E-state index in [1.807, 2.05) is 18.2 Å². The number of hydrogen-bond acceptors (Lipinski definition) is 10. The predicted octanol–water partition coefficient (Wildman–Crippen LogP) is 5.80. The van der Waals surface area contributed by atoms with Gasteiger partial charge in [0.25, 0.3) is 0 Å². The summed E-state index contributed by atoms with van der Waals surface area (Å²) < 4.78 is 71.5. The molecule has 7 rings (SSSR count). The molecule has 4 fully saturated rings. The zero-order valence-corrected chi connectivity index (χ0v) is 32.3. The second kappa shape index (κ2) is 14.9. The number of alkyl halides is 3. The number of carbonyl (C=O) groups excluding carboxylic acids is 2. The maximum Gasteiger partial charge on any atom is 0.421 e. The normalized spacial score (nSPS) is 23.8. The summed E-state index contributed by atoms with van der Waals surface area (Å²) in [5, 5.41) is 16.4. The maximum atomic E-state index is 13.9. The molecular formula is C38H45ClF3N7O5S. The lowest BCUT2D eigenvalue weighted by molar-refractivity contribution is -0.138. The fourth-order valence-electron chi connectivity index (χ4n) is 8.50. The number of nitrogens with one attached hydrogen (secondary N) is 3. The summed E-state index contributed by atoms with van der Waals surface area (Å²) in [7, 11) is -3.85. The zero-order chi connectivity index (χ0) is 39.3. The third-order valence-electron chi connectivity index (χ3n) is 11.4. The Labute approximate surface area is 323 Å². The van der Waals surface area contributed by atoms with Gasteiger partial charge in [-0.2, -0.15) is 18.2 Å². The lowest BCUT2D eigenvalue weighted by Gasteiger charge is -2.53. The van der Waals surface area contributed by atoms with Gasteiger partial charge in [0.1, 0.15) is 11.4 Å². The first-order valence-corrected chi connectivity index (χ1v) is 20.4. The van der Waals surface area contributed by atoms with Crippen molar-refractivity contribution in [2.45, 2.75) is 100 Å². The Morgan fingerprint density at radius 1 is 1.05 bits per heavy atom. The van der Waals surface area contributed by atoms with Crippen LogP contribution in [-0.4, -0.2) is 78.0 Å². The summed E-state index contributed by atoms with van der Waals surface area (Å²) >= 11 is 6.58. The molecular weight excluding hydrogens is 759 g/mol. The number of piperidine rings is 2. The third-order valence-corrected chi connectivity index (χ3v) is 13.2. The SMILES string of the molecule is Cc1cc(S(=O)(=O)NC2CCC3(CC2)CN(Cc2ccc(C4CCC(=O)NC4=O)c(Cl)c2)C3)ccc1Nc1ncc(C(F)(F)F)c(N2CCC[C@](C)(O)C2)n1. The lowest BCUT2D eigenvalue weighted by Crippen LogP contribution is -2.58. The molecule has 296 valence electrons. The van der Waals surface area contributed by atoms with E-state index in [-0.39, 0.29) is 52.9 Å². The smallest absolute Gasteiger partial charge is 0.388 e. The van der Waals surface area contributed by atoms with E-state index < -0.39 is 33.3 Å². The zero-order valence-electron chi connectivity index (χ0n) is 30.7. The number of sulfonamides is 1. The monoisotopic (exact) mass is 803 g/mol. The quantitative estimate of drug-likeness (QED) is 0.195. The van der Waals surface area contributed by atoms with Gasteiger partial charge in [-0.25, -0.2) is 18.1 Å². The van der Waals surface area contributed by atoms with E-state index in [0.29, 0.717) is 61.5 Å². The number of rotatable bonds is 9. The number of aryl methyl sites for hydroxylation is 1. The van der Waals surface area contributed by atoms with Gasteiger partial charge in [0.05, 0.1) is 16.4 Å². The Morgan fingerprint density at radius 2 is 1.80 bits per heavy atom. The molecule has 2 amide bonds. The minimum Gasteiger partial charge on any atom is -0.388 e. The second-order valence-corrected chi connectivity index (χ2v) is 18.1. The Bertz CT molecular complexity index is 2080. The molecule has 1 aromatic heterocycles. The van der Waals surface area contributed by atoms with Crippen LogP contribution in [0.5, 0.6) is 0 Å². The molecule has 55 heavy (non-hydrogen) atoms. The van der Waals surface area contributed by atoms with Crippen LogP contribution >= 0.6 is 11.6 Å². The van der Waals surface area contributed by atoms with Gasteiger partial charge >= 0.3 is 6.18 Å². The highest BCUT2D eigenvalue weighted by Gasteiger charge is 2.45. The number of β-amino-alcohol motifs (C(OH)–C–C–N with tert-alkyl or cyclic N) is 1. The molecule has 0 radical (unpaired) electrons. The molecule has 1 saturated carbocycles. The van der Waals surface area contributed by atoms with Crippen LogP contribution in [0.4, 0.5) is 30.6 Å². The minimum atomic E-state index is -4.69. The molecule has 4 aliphatic rings. The van der Waals surface area contributed by atoms with Gasteiger partial charge in [0, 0.05) is 62.1 Å². The molecule has 2 atom stereocenters. The molecule has 0 bridgehead atoms. The van der Waals surface area contributed by atoms with Crippen molar-refractivity contribution in [3.8, 4) is 0 Å². The summed E-state index contributed by atoms with van der Waals surface area (Å²) in [5.41, 5.74) is 0.731. The fourth-order valence-corrected chi connectivity index (χ4v) is 10.2. The van der Waals surface area contributed by atoms with Crippen LogP contribution < -0.4 is 20.3 Å². The summed E-state index contributed by atoms with van der Waals surface area (Å²) in [5.74, 6) is -1.42. The highest BCUT2D eigenvalue weighted by molar-refractivity contribution is 7.89. The number of benzene rings is 2. The number of amides is 2. The largest absolute Gasteiger partial charge is 0.421 e. The third kappa shape index (κ3) is 8.78. The lowest BCUT2D eigenvalue weighted by atomic mass is 9.67. The number of halogens is 4. The van der Waals surface area contributed by atoms with E-state index in [9.17, 15) is 36.3 Å². The molecule has 2 aromatic carbocycles. The number of likely N-dealkylation sites (tertiary alicyclic amines) is 1. The average molecular weight is 804 g/mol. The van der Waals surface area contributed by atoms with Crippen molar-refractivity contribution < 1.29 is 36.3 Å². The van der Waals surface area contributed by atoms with Gasteiger partial charge < -0.3 is 15.3 Å². The van der Waals surface area contributed by atoms with E-state index >= 15 is 0 Å². The molecule has 12 nitrogen and oxygen atoms in total. The number of aliphatic hydroxyl groups is 1. The number of anilines is 3. The molecule has 1 aliphatic carbocycles. The Balaban J connectivity index is 0.925. The van der Waals surface area contributed by atoms with Crippen molar-refractivity contribution in [2.75, 3.05) is 36.4 Å². The predicted molar refractivity (Wildman–Crippen MR) is 200 cm³/mol. The van der Waals surface area contributed by atoms with Gasteiger partial charge in [-0.1, -0.05) is 23.7 Å². The average Bonchev–Trinajstić information content (AvgIpc) is 3.09. The molecule has 3 aliphatic heterocycles. The maximum absolute atomic E-state index is 13.9. The van der Waals surface area contributed by atoms with Gasteiger partial charge in [0.2, 0.25) is 27.8 Å². The summed E-state index contributed by atoms with van der Waals surface area (Å²) in [6.07, 6.45) is 0.920. The van der Waals surface area contributed by atoms with E-state index in [2.05, 4.69) is 30.2 Å². The van der Waals surface area contributed by atoms with Gasteiger partial charge in [-0.05, 0) is 105 Å². The van der Waals surface area contributed by atoms with Crippen molar-refractivity contribution in [3.05, 3.63) is 69.9 Å². The van der Waals surface area contributed by atoms with Crippen LogP contribution in [0.1, 0.15) is 86.5 Å². The molecule has 3 saturated heterocycles. The van der Waals surface area contributed by atoms with Gasteiger partial charge in [0.15, 0.2) is 0 Å². The first-order chi connectivity index (χ1) is 25.9. The van der Waals surface area contributed by atoms with Crippen LogP contribution in [0.15, 0.2) is 47.5 Å². The molecule has 4 heterocycles. The number of aromatic nitrogens is 2. The van der Waals surface area contributed by atoms with Crippen molar-refractivity contribution in [3.63, 3.8) is 0 Å². The van der Waals surface area contributed by atoms with Crippen LogP contribution in [0.25, 0.3) is 0 Å². The number of imide groups is 1. The Kier molecular flexibility index (Phi) is 10.7. The van der Waals surface area contributed by atoms with Crippen molar-refractivity contribution in [1.82, 2.24) is 24.9 Å². The van der Waals surface area contributed by atoms with E-state index in [1.54, 1.807) is 19.9 Å². The topological polar surface area (TPSA) is 157 Å². The van der Waals surface area contributed by atoms with E-state index in [0.717, 1.165) is 43.3 Å². The Hall–Kier alpha value is -3.83. The fraction of sp³-hybridized carbons (Fsp3) is 0.526.